The van der Waals surface area contributed by atoms with E-state index in [2.05, 4.69) is 0 Å². The monoisotopic (exact) mass is 452 g/mol. The number of carboxylic acid groups (broad SMARTS) is 2. The van der Waals surface area contributed by atoms with E-state index < -0.39 is 24.8 Å². The third-order valence-corrected chi connectivity index (χ3v) is 2.89. The van der Waals surface area contributed by atoms with Crippen molar-refractivity contribution >= 4 is 23.5 Å². The summed E-state index contributed by atoms with van der Waals surface area (Å²) in [4.78, 5) is 40.4. The van der Waals surface area contributed by atoms with Crippen LogP contribution in [0.4, 0.5) is 0 Å². The Labute approximate surface area is 190 Å². The fraction of sp³-hybridized carbons (Fsp3) is 0.800. The molecule has 0 saturated heterocycles. The van der Waals surface area contributed by atoms with Crippen LogP contribution in [-0.2, 0) is 40.9 Å². The van der Waals surface area contributed by atoms with E-state index in [0.29, 0.717) is 25.7 Å². The molecule has 0 aromatic heterocycles. The van der Waals surface area contributed by atoms with Gasteiger partial charge in [-0.2, -0.15) is 0 Å². The summed E-state index contributed by atoms with van der Waals surface area (Å²) in [5.74, 6) is -3.07. The molecule has 0 aromatic rings. The molecule has 29 heavy (non-hydrogen) atoms. The van der Waals surface area contributed by atoms with Crippen molar-refractivity contribution in [3.05, 3.63) is 0 Å². The van der Waals surface area contributed by atoms with Gasteiger partial charge >= 0.3 is 21.7 Å². The van der Waals surface area contributed by atoms with E-state index >= 15 is 0 Å². The Balaban J connectivity index is -0.0000000907. The minimum Gasteiger partial charge on any atom is -0.852 e. The van der Waals surface area contributed by atoms with Gasteiger partial charge in [0, 0.05) is 37.6 Å². The van der Waals surface area contributed by atoms with Crippen LogP contribution in [0.25, 0.3) is 0 Å². The summed E-state index contributed by atoms with van der Waals surface area (Å²) in [5, 5.41) is 39.3. The Morgan fingerprint density at radius 1 is 0.655 bits per heavy atom. The van der Waals surface area contributed by atoms with Gasteiger partial charge in [0.1, 0.15) is 11.6 Å². The number of carbonyl (C=O) groups excluding carboxylic acids is 4. The van der Waals surface area contributed by atoms with Gasteiger partial charge in [-0.05, 0) is 12.8 Å². The number of aliphatic carboxylic acids is 2. The summed E-state index contributed by atoms with van der Waals surface area (Å²) in [6.07, 6.45) is 1.98. The topological polar surface area (TPSA) is 161 Å². The number of carboxylic acids is 2. The molecule has 0 radical (unpaired) electrons. The van der Waals surface area contributed by atoms with Gasteiger partial charge in [0.25, 0.3) is 0 Å². The zero-order chi connectivity index (χ0) is 23.1. The van der Waals surface area contributed by atoms with E-state index in [4.69, 9.17) is 0 Å². The first-order valence-electron chi connectivity index (χ1n) is 9.62. The summed E-state index contributed by atoms with van der Waals surface area (Å²) < 4.78 is 0. The van der Waals surface area contributed by atoms with Crippen molar-refractivity contribution in [2.75, 3.05) is 0 Å². The molecule has 0 aliphatic carbocycles. The Hall–Kier alpha value is -1.09. The van der Waals surface area contributed by atoms with Crippen LogP contribution in [0.15, 0.2) is 0 Å². The number of hydrogen-bond acceptors (Lipinski definition) is 8. The molecule has 0 rings (SSSR count). The van der Waals surface area contributed by atoms with Crippen molar-refractivity contribution < 1.29 is 61.3 Å². The van der Waals surface area contributed by atoms with Gasteiger partial charge in [-0.3, -0.25) is 9.59 Å². The van der Waals surface area contributed by atoms with E-state index in [1.165, 1.54) is 0 Å². The molecule has 2 unspecified atom stereocenters. The molecule has 168 valence electrons. The second-order valence-electron chi connectivity index (χ2n) is 6.11. The fourth-order valence-corrected chi connectivity index (χ4v) is 1.06. The molecule has 0 amide bonds. The van der Waals surface area contributed by atoms with Gasteiger partial charge in [0.15, 0.2) is 0 Å². The summed E-state index contributed by atoms with van der Waals surface area (Å²) in [6.45, 7) is 10.8. The SMILES string of the molecule is CCC(C)[O-].CCC(C)[O-].CCCC(=O)CC(=O)[O-].CCCC(=O)CC(=O)[O-].[Ti+4]. The van der Waals surface area contributed by atoms with Crippen molar-refractivity contribution in [3.8, 4) is 0 Å². The predicted octanol–water partition coefficient (Wildman–Crippen LogP) is -0.721. The molecule has 8 nitrogen and oxygen atoms in total. The van der Waals surface area contributed by atoms with Crippen LogP contribution >= 0.6 is 0 Å². The fourth-order valence-electron chi connectivity index (χ4n) is 1.06. The second-order valence-corrected chi connectivity index (χ2v) is 6.11. The Morgan fingerprint density at radius 3 is 0.966 bits per heavy atom. The van der Waals surface area contributed by atoms with Gasteiger partial charge in [0.05, 0.1) is 0 Å². The van der Waals surface area contributed by atoms with Gasteiger partial charge in [-0.15, -0.1) is 12.2 Å². The maximum Gasteiger partial charge on any atom is 4.00 e. The molecule has 9 heteroatoms. The van der Waals surface area contributed by atoms with Crippen LogP contribution in [0.3, 0.4) is 0 Å². The average Bonchev–Trinajstić information content (AvgIpc) is 2.55. The van der Waals surface area contributed by atoms with E-state index in [9.17, 15) is 39.6 Å². The van der Waals surface area contributed by atoms with Crippen LogP contribution < -0.4 is 20.4 Å². The predicted molar refractivity (Wildman–Crippen MR) is 98.6 cm³/mol. The zero-order valence-electron chi connectivity index (χ0n) is 18.6. The molecule has 0 saturated carbocycles. The quantitative estimate of drug-likeness (QED) is 0.310. The smallest absolute Gasteiger partial charge is 0.852 e. The zero-order valence-corrected chi connectivity index (χ0v) is 20.1. The molecule has 0 aromatic carbocycles. The average molecular weight is 452 g/mol. The number of Topliss-reactive ketones (excluding diaryl/α,β-unsaturated/α-hetero) is 2. The maximum absolute atomic E-state index is 10.4. The van der Waals surface area contributed by atoms with Gasteiger partial charge in [-0.1, -0.05) is 54.4 Å². The summed E-state index contributed by atoms with van der Waals surface area (Å²) in [7, 11) is 0. The van der Waals surface area contributed by atoms with Crippen molar-refractivity contribution in [1.29, 1.82) is 0 Å². The van der Waals surface area contributed by atoms with Crippen LogP contribution in [0.2, 0.25) is 0 Å². The summed E-state index contributed by atoms with van der Waals surface area (Å²) in [5.41, 5.74) is 0. The Kier molecular flexibility index (Phi) is 38.7. The van der Waals surface area contributed by atoms with E-state index in [1.807, 2.05) is 27.7 Å². The summed E-state index contributed by atoms with van der Waals surface area (Å²) >= 11 is 0. The van der Waals surface area contributed by atoms with Crippen molar-refractivity contribution in [3.63, 3.8) is 0 Å². The molecule has 0 heterocycles. The molecule has 0 N–H and O–H groups in total. The third kappa shape index (κ3) is 58.4. The standard InChI is InChI=1S/2C6H10O3.2C4H9O.Ti/c2*1-2-3-5(7)4-6(8)9;2*1-3-4(2)5;/h2*2-4H2,1H3,(H,8,9);2*4H,3H2,1-2H3;/q;;2*-1;+4/p-2. The van der Waals surface area contributed by atoms with Crippen LogP contribution in [-0.4, -0.2) is 35.7 Å². The molecular weight excluding hydrogens is 416 g/mol. The number of rotatable bonds is 10. The number of ketones is 2. The maximum atomic E-state index is 10.4. The molecular formula is C20H36O8Ti. The molecule has 0 aliphatic rings. The summed E-state index contributed by atoms with van der Waals surface area (Å²) in [6, 6.07) is 0. The second kappa shape index (κ2) is 29.1. The number of carbonyl (C=O) groups is 4. The minimum atomic E-state index is -1.28. The van der Waals surface area contributed by atoms with Crippen molar-refractivity contribution in [2.45, 2.75) is 105 Å². The minimum absolute atomic E-state index is 0. The van der Waals surface area contributed by atoms with Crippen LogP contribution in [0.1, 0.15) is 92.9 Å². The van der Waals surface area contributed by atoms with Crippen LogP contribution in [0, 0.1) is 0 Å². The molecule has 0 aliphatic heterocycles. The van der Waals surface area contributed by atoms with Crippen molar-refractivity contribution in [2.24, 2.45) is 0 Å². The molecule has 0 bridgehead atoms. The van der Waals surface area contributed by atoms with E-state index in [0.717, 1.165) is 12.8 Å². The van der Waals surface area contributed by atoms with Crippen molar-refractivity contribution in [1.82, 2.24) is 0 Å². The van der Waals surface area contributed by atoms with Crippen LogP contribution in [0.5, 0.6) is 0 Å². The normalized spacial score (nSPS) is 10.8. The first-order chi connectivity index (χ1) is 12.9. The largest absolute Gasteiger partial charge is 4.00 e. The van der Waals surface area contributed by atoms with E-state index in [1.54, 1.807) is 13.8 Å². The molecule has 0 spiro atoms. The van der Waals surface area contributed by atoms with Gasteiger partial charge in [0.2, 0.25) is 0 Å². The first-order valence-corrected chi connectivity index (χ1v) is 9.62. The molecule has 2 atom stereocenters. The molecule has 0 fully saturated rings. The van der Waals surface area contributed by atoms with E-state index in [-0.39, 0.29) is 45.5 Å². The van der Waals surface area contributed by atoms with Gasteiger partial charge in [-0.25, -0.2) is 0 Å². The number of hydrogen-bond donors (Lipinski definition) is 0. The Morgan fingerprint density at radius 2 is 0.862 bits per heavy atom. The van der Waals surface area contributed by atoms with Gasteiger partial charge < -0.3 is 30.0 Å². The third-order valence-electron chi connectivity index (χ3n) is 2.89. The first kappa shape index (κ1) is 38.5. The Bertz CT molecular complexity index is 371.